The van der Waals surface area contributed by atoms with Gasteiger partial charge in [0.2, 0.25) is 0 Å². The van der Waals surface area contributed by atoms with Crippen molar-refractivity contribution in [2.45, 2.75) is 12.5 Å². The zero-order chi connectivity index (χ0) is 14.6. The molecule has 1 aliphatic heterocycles. The maximum atomic E-state index is 11.4. The Hall–Kier alpha value is -1.27. The first-order valence-electron chi connectivity index (χ1n) is 6.79. The van der Waals surface area contributed by atoms with Crippen molar-refractivity contribution < 1.29 is 13.2 Å². The second kappa shape index (κ2) is 6.45. The first-order valence-corrected chi connectivity index (χ1v) is 8.61. The molecular weight excluding hydrogens is 276 g/mol. The van der Waals surface area contributed by atoms with Gasteiger partial charge >= 0.3 is 0 Å². The molecule has 112 valence electrons. The normalized spacial score (nSPS) is 21.1. The molecule has 0 radical (unpaired) electrons. The van der Waals surface area contributed by atoms with E-state index in [0.29, 0.717) is 13.0 Å². The van der Waals surface area contributed by atoms with Crippen LogP contribution in [0.25, 0.3) is 0 Å². The smallest absolute Gasteiger partial charge is 0.152 e. The second-order valence-electron chi connectivity index (χ2n) is 5.42. The highest BCUT2D eigenvalue weighted by Crippen LogP contribution is 2.21. The van der Waals surface area contributed by atoms with Gasteiger partial charge in [0, 0.05) is 24.3 Å². The Morgan fingerprint density at radius 3 is 2.85 bits per heavy atom. The summed E-state index contributed by atoms with van der Waals surface area (Å²) in [7, 11) is 1.16. The highest BCUT2D eigenvalue weighted by atomic mass is 32.2. The zero-order valence-corrected chi connectivity index (χ0v) is 12.8. The molecule has 1 N–H and O–H groups in total. The molecule has 1 heterocycles. The third-order valence-corrected chi connectivity index (χ3v) is 5.01. The molecule has 1 aromatic carbocycles. The molecule has 0 saturated carbocycles. The third-order valence-electron chi connectivity index (χ3n) is 3.24. The van der Waals surface area contributed by atoms with E-state index in [1.165, 1.54) is 0 Å². The van der Waals surface area contributed by atoms with E-state index in [0.717, 1.165) is 18.0 Å². The fourth-order valence-electron chi connectivity index (χ4n) is 2.17. The summed E-state index contributed by atoms with van der Waals surface area (Å²) in [6.45, 7) is 1.49. The minimum absolute atomic E-state index is 0.0111. The van der Waals surface area contributed by atoms with Gasteiger partial charge in [0.15, 0.2) is 9.84 Å². The molecule has 20 heavy (non-hydrogen) atoms. The van der Waals surface area contributed by atoms with Crippen molar-refractivity contribution in [3.63, 3.8) is 0 Å². The fourth-order valence-corrected chi connectivity index (χ4v) is 3.84. The van der Waals surface area contributed by atoms with Crippen LogP contribution >= 0.6 is 0 Å². The molecule has 0 aliphatic carbocycles. The number of hydrogen-bond acceptors (Lipinski definition) is 5. The Morgan fingerprint density at radius 1 is 1.40 bits per heavy atom. The predicted octanol–water partition coefficient (Wildman–Crippen LogP) is 1.23. The molecule has 1 fully saturated rings. The summed E-state index contributed by atoms with van der Waals surface area (Å²) in [6.07, 6.45) is 0.675. The maximum absolute atomic E-state index is 11.4. The topological polar surface area (TPSA) is 58.6 Å². The molecule has 0 spiro atoms. The summed E-state index contributed by atoms with van der Waals surface area (Å²) >= 11 is 0. The van der Waals surface area contributed by atoms with Crippen molar-refractivity contribution >= 4 is 15.5 Å². The van der Waals surface area contributed by atoms with Crippen LogP contribution in [0.5, 0.6) is 5.75 Å². The Balaban J connectivity index is 1.89. The highest BCUT2D eigenvalue weighted by Gasteiger charge is 2.27. The maximum Gasteiger partial charge on any atom is 0.152 e. The van der Waals surface area contributed by atoms with Crippen molar-refractivity contribution in [3.8, 4) is 5.75 Å². The minimum atomic E-state index is -2.85. The van der Waals surface area contributed by atoms with Gasteiger partial charge in [-0.2, -0.15) is 0 Å². The molecule has 0 aromatic heterocycles. The molecule has 1 aliphatic rings. The Kier molecular flexibility index (Phi) is 4.88. The van der Waals surface area contributed by atoms with Crippen LogP contribution in [0.1, 0.15) is 6.42 Å². The Bertz CT molecular complexity index is 543. The molecule has 0 amide bonds. The van der Waals surface area contributed by atoms with Crippen LogP contribution < -0.4 is 10.1 Å². The van der Waals surface area contributed by atoms with Gasteiger partial charge in [-0.15, -0.1) is 0 Å². The molecule has 1 atom stereocenters. The molecule has 1 aromatic rings. The summed E-state index contributed by atoms with van der Waals surface area (Å²) in [5.74, 6) is 1.31. The Labute approximate surface area is 120 Å². The van der Waals surface area contributed by atoms with E-state index in [1.54, 1.807) is 0 Å². The number of hydrogen-bond donors (Lipinski definition) is 1. The van der Waals surface area contributed by atoms with Crippen molar-refractivity contribution in [2.75, 3.05) is 44.1 Å². The average molecular weight is 298 g/mol. The molecular formula is C14H22N2O3S. The van der Waals surface area contributed by atoms with Gasteiger partial charge in [-0.1, -0.05) is 6.07 Å². The van der Waals surface area contributed by atoms with E-state index in [4.69, 9.17) is 4.74 Å². The summed E-state index contributed by atoms with van der Waals surface area (Å²) < 4.78 is 28.5. The SMILES string of the molecule is CN(C)CCOc1cccc(NC2CCS(=O)(=O)C2)c1. The van der Waals surface area contributed by atoms with Crippen LogP contribution in [0.3, 0.4) is 0 Å². The van der Waals surface area contributed by atoms with Crippen LogP contribution in [-0.4, -0.2) is 58.1 Å². The van der Waals surface area contributed by atoms with Crippen LogP contribution in [0.15, 0.2) is 24.3 Å². The van der Waals surface area contributed by atoms with Crippen molar-refractivity contribution in [1.82, 2.24) is 4.90 Å². The lowest BCUT2D eigenvalue weighted by molar-refractivity contribution is 0.261. The number of rotatable bonds is 6. The fraction of sp³-hybridized carbons (Fsp3) is 0.571. The van der Waals surface area contributed by atoms with E-state index in [-0.39, 0.29) is 17.5 Å². The first kappa shape index (κ1) is 15.1. The summed E-state index contributed by atoms with van der Waals surface area (Å²) in [4.78, 5) is 2.06. The van der Waals surface area contributed by atoms with Gasteiger partial charge in [0.25, 0.3) is 0 Å². The molecule has 1 saturated heterocycles. The zero-order valence-electron chi connectivity index (χ0n) is 12.0. The van der Waals surface area contributed by atoms with Crippen LogP contribution in [0.4, 0.5) is 5.69 Å². The standard InChI is InChI=1S/C14H22N2O3S/c1-16(2)7-8-19-14-5-3-4-12(10-14)15-13-6-9-20(17,18)11-13/h3-5,10,13,15H,6-9,11H2,1-2H3. The van der Waals surface area contributed by atoms with E-state index in [9.17, 15) is 8.42 Å². The lowest BCUT2D eigenvalue weighted by Crippen LogP contribution is -2.21. The number of nitrogens with one attached hydrogen (secondary N) is 1. The molecule has 6 heteroatoms. The van der Waals surface area contributed by atoms with E-state index in [1.807, 2.05) is 38.4 Å². The molecule has 0 bridgehead atoms. The van der Waals surface area contributed by atoms with Crippen LogP contribution in [-0.2, 0) is 9.84 Å². The third kappa shape index (κ3) is 4.68. The second-order valence-corrected chi connectivity index (χ2v) is 7.65. The molecule has 5 nitrogen and oxygen atoms in total. The lowest BCUT2D eigenvalue weighted by Gasteiger charge is -2.14. The quantitative estimate of drug-likeness (QED) is 0.856. The number of sulfone groups is 1. The minimum Gasteiger partial charge on any atom is -0.492 e. The number of ether oxygens (including phenoxy) is 1. The van der Waals surface area contributed by atoms with Gasteiger partial charge < -0.3 is 15.0 Å². The summed E-state index contributed by atoms with van der Waals surface area (Å²) in [5, 5.41) is 3.27. The Morgan fingerprint density at radius 2 is 2.20 bits per heavy atom. The average Bonchev–Trinajstić information content (AvgIpc) is 2.68. The first-order chi connectivity index (χ1) is 9.44. The van der Waals surface area contributed by atoms with Crippen LogP contribution in [0.2, 0.25) is 0 Å². The number of likely N-dealkylation sites (N-methyl/N-ethyl adjacent to an activating group) is 1. The lowest BCUT2D eigenvalue weighted by atomic mass is 10.2. The predicted molar refractivity (Wildman–Crippen MR) is 81.2 cm³/mol. The number of nitrogens with zero attached hydrogens (tertiary/aromatic N) is 1. The van der Waals surface area contributed by atoms with E-state index >= 15 is 0 Å². The number of benzene rings is 1. The van der Waals surface area contributed by atoms with Gasteiger partial charge in [0.05, 0.1) is 11.5 Å². The largest absolute Gasteiger partial charge is 0.492 e. The van der Waals surface area contributed by atoms with Gasteiger partial charge in [-0.3, -0.25) is 0 Å². The molecule has 1 unspecified atom stereocenters. The van der Waals surface area contributed by atoms with E-state index in [2.05, 4.69) is 10.2 Å². The summed E-state index contributed by atoms with van der Waals surface area (Å²) in [6, 6.07) is 7.69. The monoisotopic (exact) mass is 298 g/mol. The van der Waals surface area contributed by atoms with Gasteiger partial charge in [-0.05, 0) is 32.6 Å². The molecule has 2 rings (SSSR count). The van der Waals surface area contributed by atoms with Crippen molar-refractivity contribution in [2.24, 2.45) is 0 Å². The van der Waals surface area contributed by atoms with E-state index < -0.39 is 9.84 Å². The van der Waals surface area contributed by atoms with Gasteiger partial charge in [0.1, 0.15) is 12.4 Å². The highest BCUT2D eigenvalue weighted by molar-refractivity contribution is 7.91. The number of anilines is 1. The van der Waals surface area contributed by atoms with Crippen molar-refractivity contribution in [3.05, 3.63) is 24.3 Å². The summed E-state index contributed by atoms with van der Waals surface area (Å²) in [5.41, 5.74) is 0.912. The van der Waals surface area contributed by atoms with Gasteiger partial charge in [-0.25, -0.2) is 8.42 Å². The van der Waals surface area contributed by atoms with Crippen molar-refractivity contribution in [1.29, 1.82) is 0 Å². The van der Waals surface area contributed by atoms with Crippen LogP contribution in [0, 0.1) is 0 Å².